The molecule has 554 valence electrons. The van der Waals surface area contributed by atoms with E-state index in [4.69, 9.17) is 10.5 Å². The molecule has 10 rings (SSSR count). The molecule has 0 atom stereocenters. The second-order valence-corrected chi connectivity index (χ2v) is 26.3. The number of hydrogen-bond acceptors (Lipinski definition) is 12. The Morgan fingerprint density at radius 2 is 0.340 bits per heavy atom. The van der Waals surface area contributed by atoms with Crippen LogP contribution in [0.2, 0.25) is 0 Å². The number of nitrogens with zero attached hydrogens (tertiary/aromatic N) is 12. The van der Waals surface area contributed by atoms with Gasteiger partial charge in [0.2, 0.25) is 0 Å². The zero-order valence-corrected chi connectivity index (χ0v) is 56.9. The first-order chi connectivity index (χ1) is 44.0. The molecule has 2 radical (unpaired) electrons. The number of rotatable bonds is 6. The Bertz CT molecular complexity index is 3670. The Morgan fingerprint density at radius 3 is 0.460 bits per heavy atom. The first kappa shape index (κ1) is 93.6. The van der Waals surface area contributed by atoms with Crippen molar-refractivity contribution in [2.75, 3.05) is 0 Å². The van der Waals surface area contributed by atoms with Crippen molar-refractivity contribution in [3.05, 3.63) is 230 Å². The molecule has 0 aliphatic rings. The third-order valence-electron chi connectivity index (χ3n) is 9.29. The van der Waals surface area contributed by atoms with Crippen molar-refractivity contribution < 1.29 is 135 Å². The molecule has 12 nitrogen and oxygen atoms in total. The maximum absolute atomic E-state index is 10.7. The van der Waals surface area contributed by atoms with Gasteiger partial charge in [-0.2, -0.15) is 10.5 Å². The molecule has 0 saturated carbocycles. The van der Waals surface area contributed by atoms with Gasteiger partial charge in [0.25, 0.3) is 0 Å². The van der Waals surface area contributed by atoms with Crippen LogP contribution in [0.3, 0.4) is 0 Å². The number of halogens is 24. The summed E-state index contributed by atoms with van der Waals surface area (Å²) in [6.07, 6.45) is 7.07. The topological polar surface area (TPSA) is 176 Å². The fourth-order valence-electron chi connectivity index (χ4n) is 6.24. The van der Waals surface area contributed by atoms with Crippen molar-refractivity contribution in [1.29, 1.82) is 10.5 Å². The van der Waals surface area contributed by atoms with Crippen LogP contribution in [-0.4, -0.2) is 49.8 Å². The van der Waals surface area contributed by atoms with E-state index in [2.05, 4.69) is 49.8 Å². The van der Waals surface area contributed by atoms with E-state index < -0.39 is 31.2 Å². The van der Waals surface area contributed by atoms with Crippen molar-refractivity contribution in [2.45, 2.75) is 41.5 Å². The van der Waals surface area contributed by atoms with Gasteiger partial charge in [0.1, 0.15) is 0 Å². The number of nitriles is 2. The van der Waals surface area contributed by atoms with E-state index >= 15 is 0 Å². The molecule has 10 heterocycles. The molecular formula is C58H52Cu2F24N12P4. The molecule has 0 aromatic carbocycles. The molecule has 0 spiro atoms. The maximum atomic E-state index is 9.87. The molecule has 0 aliphatic carbocycles. The molecule has 42 heteroatoms. The summed E-state index contributed by atoms with van der Waals surface area (Å²) in [7, 11) is -42.6. The fourth-order valence-corrected chi connectivity index (χ4v) is 6.24. The predicted molar refractivity (Wildman–Crippen MR) is 332 cm³/mol. The Kier molecular flexibility index (Phi) is 32.1. The first-order valence-electron chi connectivity index (χ1n) is 26.2. The van der Waals surface area contributed by atoms with Crippen LogP contribution in [0.4, 0.5) is 101 Å². The minimum absolute atomic E-state index is 0. The summed E-state index contributed by atoms with van der Waals surface area (Å²) in [4.78, 5) is 44.1. The third-order valence-corrected chi connectivity index (χ3v) is 9.29. The van der Waals surface area contributed by atoms with Crippen LogP contribution in [0.5, 0.6) is 0 Å². The molecule has 0 N–H and O–H groups in total. The molecular weight excluding hydrogens is 1570 g/mol. The van der Waals surface area contributed by atoms with Gasteiger partial charge in [-0.05, 0) is 149 Å². The van der Waals surface area contributed by atoms with E-state index in [1.807, 2.05) is 210 Å². The monoisotopic (exact) mass is 1620 g/mol. The van der Waals surface area contributed by atoms with E-state index in [1.165, 1.54) is 13.8 Å². The molecule has 0 unspecified atom stereocenters. The van der Waals surface area contributed by atoms with E-state index in [-0.39, 0.29) is 34.1 Å². The van der Waals surface area contributed by atoms with Gasteiger partial charge in [0, 0.05) is 61.4 Å². The average Bonchev–Trinajstić information content (AvgIpc) is 0.801. The second kappa shape index (κ2) is 34.3. The van der Waals surface area contributed by atoms with E-state index in [9.17, 15) is 101 Å². The van der Waals surface area contributed by atoms with E-state index in [1.54, 1.807) is 36.9 Å². The van der Waals surface area contributed by atoms with Crippen molar-refractivity contribution >= 4 is 31.2 Å². The van der Waals surface area contributed by atoms with Gasteiger partial charge < -0.3 is 0 Å². The molecule has 0 fully saturated rings. The summed E-state index contributed by atoms with van der Waals surface area (Å²) in [5.41, 5.74) is 14.8. The van der Waals surface area contributed by atoms with Crippen LogP contribution in [0.25, 0.3) is 68.3 Å². The van der Waals surface area contributed by atoms with Crippen LogP contribution >= 0.6 is 31.2 Å². The van der Waals surface area contributed by atoms with Crippen molar-refractivity contribution in [2.24, 2.45) is 0 Å². The van der Waals surface area contributed by atoms with Gasteiger partial charge in [-0.3, -0.25) is 39.9 Å². The van der Waals surface area contributed by atoms with Gasteiger partial charge in [-0.1, -0.05) is 60.7 Å². The van der Waals surface area contributed by atoms with Gasteiger partial charge in [-0.25, -0.2) is 9.97 Å². The van der Waals surface area contributed by atoms with Crippen LogP contribution in [0, 0.1) is 50.4 Å². The molecule has 0 saturated heterocycles. The normalized spacial score (nSPS) is 13.2. The standard InChI is InChI=1S/2C15H11N3.2C12H12N2.2C2H3N.2Cu.4F6P/c2*1-3-10-16-12(6-1)14-8-5-9-15(18-14)13-7-2-4-11-17-13;2*1-9-5-3-7-11(13-9)12-8-4-6-10(2)14-12;2*1-2-3;;;4*1-7(2,3,4,5)6/h2*1-11H;2*3-8H,1-2H3;2*1H3;;;;;;/q;;;;;;2*+2;4*-1. The number of hydrogen-bond donors (Lipinski definition) is 0. The van der Waals surface area contributed by atoms with Crippen LogP contribution in [0.1, 0.15) is 36.6 Å². The molecule has 0 amide bonds. The third kappa shape index (κ3) is 60.7. The van der Waals surface area contributed by atoms with E-state index in [0.717, 1.165) is 91.1 Å². The zero-order chi connectivity index (χ0) is 75.4. The predicted octanol–water partition coefficient (Wildman–Crippen LogP) is 26.5. The SMILES string of the molecule is CC#N.CC#N.Cc1cccc(-c2cccc(C)n2)n1.Cc1cccc(-c2cccc(C)n2)n1.F[P-](F)(F)(F)(F)F.F[P-](F)(F)(F)(F)F.F[P-](F)(F)(F)(F)F.F[P-](F)(F)(F)(F)F.[Cu+2].[Cu+2].c1ccc(-c2cccc(-c3ccccn3)n2)nc1.c1ccc(-c2cccc(-c3ccccn3)n2)nc1. The molecule has 0 bridgehead atoms. The summed E-state index contributed by atoms with van der Waals surface area (Å²) in [6, 6.07) is 62.3. The quantitative estimate of drug-likeness (QED) is 0.0876. The number of aromatic nitrogens is 10. The van der Waals surface area contributed by atoms with Crippen molar-refractivity contribution in [1.82, 2.24) is 49.8 Å². The first-order valence-corrected chi connectivity index (χ1v) is 34.3. The van der Waals surface area contributed by atoms with E-state index in [0.29, 0.717) is 0 Å². The van der Waals surface area contributed by atoms with Crippen LogP contribution in [-0.2, 0) is 34.1 Å². The fraction of sp³-hybridized carbons (Fsp3) is 0.103. The van der Waals surface area contributed by atoms with Crippen molar-refractivity contribution in [3.8, 4) is 80.5 Å². The minimum Gasteiger partial charge on any atom is -0.255 e. The summed E-state index contributed by atoms with van der Waals surface area (Å²) >= 11 is 0. The number of pyridine rings is 10. The van der Waals surface area contributed by atoms with Gasteiger partial charge in [-0.15, -0.1) is 0 Å². The summed E-state index contributed by atoms with van der Waals surface area (Å²) in [6.45, 7) is 10.8. The smallest absolute Gasteiger partial charge is 0.255 e. The summed E-state index contributed by atoms with van der Waals surface area (Å²) < 4.78 is 237. The van der Waals surface area contributed by atoms with Crippen LogP contribution < -0.4 is 0 Å². The van der Waals surface area contributed by atoms with Gasteiger partial charge >= 0.3 is 166 Å². The van der Waals surface area contributed by atoms with Gasteiger partial charge in [0.15, 0.2) is 0 Å². The van der Waals surface area contributed by atoms with Gasteiger partial charge in [0.05, 0.1) is 80.5 Å². The Hall–Kier alpha value is -8.44. The zero-order valence-electron chi connectivity index (χ0n) is 51.5. The summed E-state index contributed by atoms with van der Waals surface area (Å²) in [5.74, 6) is 0. The maximum Gasteiger partial charge on any atom is 2.00 e. The largest absolute Gasteiger partial charge is 2.00 e. The Morgan fingerprint density at radius 1 is 0.220 bits per heavy atom. The summed E-state index contributed by atoms with van der Waals surface area (Å²) in [5, 5.41) is 14.6. The van der Waals surface area contributed by atoms with Crippen LogP contribution in [0.15, 0.2) is 207 Å². The van der Waals surface area contributed by atoms with Crippen molar-refractivity contribution in [3.63, 3.8) is 0 Å². The Labute approximate surface area is 575 Å². The molecule has 10 aromatic rings. The minimum atomic E-state index is -10.7. The molecule has 0 aliphatic heterocycles. The number of aryl methyl sites for hydroxylation is 4. The molecule has 100 heavy (non-hydrogen) atoms. The molecule has 10 aromatic heterocycles. The average molecular weight is 1620 g/mol. The Balaban J connectivity index is 0. The second-order valence-electron chi connectivity index (χ2n) is 18.6.